The molecule has 2 N–H and O–H groups in total. The van der Waals surface area contributed by atoms with Gasteiger partial charge in [0.1, 0.15) is 5.82 Å². The Kier molecular flexibility index (Phi) is 5.03. The van der Waals surface area contributed by atoms with Crippen LogP contribution in [-0.4, -0.2) is 15.4 Å². The molecule has 0 unspecified atom stereocenters. The molecule has 6 nitrogen and oxygen atoms in total. The van der Waals surface area contributed by atoms with E-state index in [1.54, 1.807) is 31.2 Å². The summed E-state index contributed by atoms with van der Waals surface area (Å²) >= 11 is 0. The molecule has 0 atom stereocenters. The van der Waals surface area contributed by atoms with Gasteiger partial charge in [0, 0.05) is 35.6 Å². The second kappa shape index (κ2) is 7.41. The van der Waals surface area contributed by atoms with E-state index in [2.05, 4.69) is 0 Å². The lowest BCUT2D eigenvalue weighted by atomic mass is 10.1. The normalized spacial score (nSPS) is 10.7. The van der Waals surface area contributed by atoms with Crippen LogP contribution in [0.2, 0.25) is 0 Å². The number of hydrogen-bond acceptors (Lipinski definition) is 3. The molecule has 3 aromatic rings. The fourth-order valence-electron chi connectivity index (χ4n) is 3.13. The first-order chi connectivity index (χ1) is 12.9. The summed E-state index contributed by atoms with van der Waals surface area (Å²) in [4.78, 5) is 22.4. The number of amides is 1. The molecule has 27 heavy (non-hydrogen) atoms. The van der Waals surface area contributed by atoms with Crippen LogP contribution >= 0.6 is 0 Å². The van der Waals surface area contributed by atoms with Gasteiger partial charge >= 0.3 is 0 Å². The van der Waals surface area contributed by atoms with Gasteiger partial charge in [0.15, 0.2) is 0 Å². The van der Waals surface area contributed by atoms with Gasteiger partial charge in [0.25, 0.3) is 11.6 Å². The predicted octanol–water partition coefficient (Wildman–Crippen LogP) is 3.85. The first kappa shape index (κ1) is 18.3. The number of hydrogen-bond donors (Lipinski definition) is 1. The highest BCUT2D eigenvalue weighted by atomic mass is 19.1. The number of nitrogens with zero attached hydrogens (tertiary/aromatic N) is 2. The zero-order valence-corrected chi connectivity index (χ0v) is 14.7. The number of nitro benzene ring substituents is 1. The lowest BCUT2D eigenvalue weighted by molar-refractivity contribution is -0.384. The van der Waals surface area contributed by atoms with Gasteiger partial charge in [-0.3, -0.25) is 14.9 Å². The van der Waals surface area contributed by atoms with Crippen LogP contribution in [0.3, 0.4) is 0 Å². The monoisotopic (exact) mass is 367 g/mol. The van der Waals surface area contributed by atoms with E-state index < -0.39 is 10.8 Å². The van der Waals surface area contributed by atoms with Crippen LogP contribution in [-0.2, 0) is 13.0 Å². The maximum Gasteiger partial charge on any atom is 0.270 e. The standard InChI is InChI=1S/C20H18FN3O3/c1-13-18(20(22)25)12-19(15-5-3-7-17(11-15)24(26)27)23(13)9-8-14-4-2-6-16(21)10-14/h2-7,10-12H,8-9H2,1H3,(H2,22,25). The van der Waals surface area contributed by atoms with E-state index in [0.29, 0.717) is 35.5 Å². The quantitative estimate of drug-likeness (QED) is 0.530. The van der Waals surface area contributed by atoms with E-state index in [0.717, 1.165) is 5.56 Å². The molecular weight excluding hydrogens is 349 g/mol. The number of nitro groups is 1. The van der Waals surface area contributed by atoms with E-state index in [1.165, 1.54) is 24.3 Å². The minimum atomic E-state index is -0.566. The molecular formula is C20H18FN3O3. The fourth-order valence-corrected chi connectivity index (χ4v) is 3.13. The minimum absolute atomic E-state index is 0.0383. The molecule has 7 heteroatoms. The number of nitrogens with two attached hydrogens (primary N) is 1. The zero-order chi connectivity index (χ0) is 19.6. The molecule has 0 saturated carbocycles. The summed E-state index contributed by atoms with van der Waals surface area (Å²) in [6.07, 6.45) is 0.535. The highest BCUT2D eigenvalue weighted by Crippen LogP contribution is 2.29. The van der Waals surface area contributed by atoms with Crippen molar-refractivity contribution in [3.8, 4) is 11.3 Å². The molecule has 0 aliphatic heterocycles. The summed E-state index contributed by atoms with van der Waals surface area (Å²) in [6.45, 7) is 2.24. The molecule has 0 fully saturated rings. The molecule has 0 radical (unpaired) electrons. The van der Waals surface area contributed by atoms with Gasteiger partial charge in [-0.05, 0) is 37.1 Å². The molecule has 0 aliphatic carbocycles. The van der Waals surface area contributed by atoms with Crippen molar-refractivity contribution < 1.29 is 14.1 Å². The van der Waals surface area contributed by atoms with Crippen LogP contribution in [0.1, 0.15) is 21.6 Å². The number of aryl methyl sites for hydroxylation is 1. The first-order valence-electron chi connectivity index (χ1n) is 8.36. The third-order valence-corrected chi connectivity index (χ3v) is 4.50. The van der Waals surface area contributed by atoms with Crippen molar-refractivity contribution in [3.05, 3.63) is 87.3 Å². The average molecular weight is 367 g/mol. The number of aromatic nitrogens is 1. The summed E-state index contributed by atoms with van der Waals surface area (Å²) in [5.41, 5.74) is 8.53. The van der Waals surface area contributed by atoms with E-state index in [1.807, 2.05) is 10.6 Å². The minimum Gasteiger partial charge on any atom is -0.366 e. The predicted molar refractivity (Wildman–Crippen MR) is 99.9 cm³/mol. The molecule has 2 aromatic carbocycles. The smallest absolute Gasteiger partial charge is 0.270 e. The van der Waals surface area contributed by atoms with Gasteiger partial charge in [-0.2, -0.15) is 0 Å². The third kappa shape index (κ3) is 3.87. The molecule has 138 valence electrons. The van der Waals surface area contributed by atoms with E-state index >= 15 is 0 Å². The van der Waals surface area contributed by atoms with E-state index in [-0.39, 0.29) is 11.5 Å². The van der Waals surface area contributed by atoms with Crippen molar-refractivity contribution in [2.24, 2.45) is 5.73 Å². The van der Waals surface area contributed by atoms with Gasteiger partial charge < -0.3 is 10.3 Å². The summed E-state index contributed by atoms with van der Waals surface area (Å²) in [7, 11) is 0. The fraction of sp³-hybridized carbons (Fsp3) is 0.150. The summed E-state index contributed by atoms with van der Waals surface area (Å²) in [5.74, 6) is -0.878. The van der Waals surface area contributed by atoms with Crippen molar-refractivity contribution >= 4 is 11.6 Å². The van der Waals surface area contributed by atoms with Crippen LogP contribution in [0.15, 0.2) is 54.6 Å². The Morgan fingerprint density at radius 2 is 1.93 bits per heavy atom. The number of carbonyl (C=O) groups excluding carboxylic acids is 1. The van der Waals surface area contributed by atoms with Gasteiger partial charge in [-0.1, -0.05) is 24.3 Å². The number of benzene rings is 2. The Morgan fingerprint density at radius 1 is 1.19 bits per heavy atom. The maximum absolute atomic E-state index is 13.4. The molecule has 0 saturated heterocycles. The molecule has 1 heterocycles. The second-order valence-corrected chi connectivity index (χ2v) is 6.23. The lowest BCUT2D eigenvalue weighted by Gasteiger charge is -2.12. The number of non-ortho nitro benzene ring substituents is 1. The van der Waals surface area contributed by atoms with Gasteiger partial charge in [0.2, 0.25) is 0 Å². The first-order valence-corrected chi connectivity index (χ1v) is 8.36. The number of halogens is 1. The van der Waals surface area contributed by atoms with Gasteiger partial charge in [-0.15, -0.1) is 0 Å². The van der Waals surface area contributed by atoms with Crippen molar-refractivity contribution in [2.45, 2.75) is 19.9 Å². The SMILES string of the molecule is Cc1c(C(N)=O)cc(-c2cccc([N+](=O)[O-])c2)n1CCc1cccc(F)c1. The summed E-state index contributed by atoms with van der Waals surface area (Å²) < 4.78 is 15.3. The Labute approximate surface area is 155 Å². The molecule has 0 bridgehead atoms. The molecule has 0 spiro atoms. The lowest BCUT2D eigenvalue weighted by Crippen LogP contribution is -2.13. The van der Waals surface area contributed by atoms with Gasteiger partial charge in [-0.25, -0.2) is 4.39 Å². The Hall–Kier alpha value is -3.48. The number of carbonyl (C=O) groups is 1. The zero-order valence-electron chi connectivity index (χ0n) is 14.7. The van der Waals surface area contributed by atoms with Crippen molar-refractivity contribution in [2.75, 3.05) is 0 Å². The highest BCUT2D eigenvalue weighted by molar-refractivity contribution is 5.95. The van der Waals surface area contributed by atoms with E-state index in [9.17, 15) is 19.3 Å². The highest BCUT2D eigenvalue weighted by Gasteiger charge is 2.18. The van der Waals surface area contributed by atoms with Crippen LogP contribution in [0, 0.1) is 22.9 Å². The van der Waals surface area contributed by atoms with E-state index in [4.69, 9.17) is 5.73 Å². The second-order valence-electron chi connectivity index (χ2n) is 6.23. The van der Waals surface area contributed by atoms with Crippen molar-refractivity contribution in [3.63, 3.8) is 0 Å². The Balaban J connectivity index is 2.03. The number of primary amides is 1. The Bertz CT molecular complexity index is 1030. The van der Waals surface area contributed by atoms with Crippen LogP contribution < -0.4 is 5.73 Å². The molecule has 3 rings (SSSR count). The van der Waals surface area contributed by atoms with Crippen LogP contribution in [0.25, 0.3) is 11.3 Å². The average Bonchev–Trinajstić information content (AvgIpc) is 2.97. The molecule has 1 amide bonds. The number of rotatable bonds is 6. The van der Waals surface area contributed by atoms with Crippen molar-refractivity contribution in [1.82, 2.24) is 4.57 Å². The molecule has 1 aromatic heterocycles. The summed E-state index contributed by atoms with van der Waals surface area (Å²) in [5, 5.41) is 11.1. The molecule has 0 aliphatic rings. The van der Waals surface area contributed by atoms with Crippen molar-refractivity contribution in [1.29, 1.82) is 0 Å². The topological polar surface area (TPSA) is 91.2 Å². The maximum atomic E-state index is 13.4. The largest absolute Gasteiger partial charge is 0.366 e. The summed E-state index contributed by atoms with van der Waals surface area (Å²) in [6, 6.07) is 14.1. The van der Waals surface area contributed by atoms with Crippen LogP contribution in [0.4, 0.5) is 10.1 Å². The van der Waals surface area contributed by atoms with Crippen LogP contribution in [0.5, 0.6) is 0 Å². The van der Waals surface area contributed by atoms with Gasteiger partial charge in [0.05, 0.1) is 10.5 Å². The Morgan fingerprint density at radius 3 is 2.59 bits per heavy atom. The third-order valence-electron chi connectivity index (χ3n) is 4.50.